The molecular weight excluding hydrogens is 244 g/mol. The SMILES string of the molecule is CNc1cccc(CSc2ccccc2OC)n1. The Kier molecular flexibility index (Phi) is 4.47. The summed E-state index contributed by atoms with van der Waals surface area (Å²) in [7, 11) is 3.57. The molecule has 0 aliphatic carbocycles. The van der Waals surface area contributed by atoms with Gasteiger partial charge >= 0.3 is 0 Å². The lowest BCUT2D eigenvalue weighted by molar-refractivity contribution is 0.405. The maximum Gasteiger partial charge on any atom is 0.132 e. The number of nitrogens with zero attached hydrogens (tertiary/aromatic N) is 1. The van der Waals surface area contributed by atoms with Gasteiger partial charge in [0.1, 0.15) is 11.6 Å². The maximum atomic E-state index is 5.33. The first-order valence-electron chi connectivity index (χ1n) is 5.73. The molecule has 0 spiro atoms. The van der Waals surface area contributed by atoms with E-state index in [9.17, 15) is 0 Å². The molecule has 4 heteroatoms. The van der Waals surface area contributed by atoms with E-state index in [1.807, 2.05) is 43.4 Å². The maximum absolute atomic E-state index is 5.33. The van der Waals surface area contributed by atoms with E-state index in [0.717, 1.165) is 27.9 Å². The molecule has 0 bridgehead atoms. The average Bonchev–Trinajstić information content (AvgIpc) is 2.45. The van der Waals surface area contributed by atoms with Gasteiger partial charge in [-0.15, -0.1) is 11.8 Å². The van der Waals surface area contributed by atoms with Gasteiger partial charge in [-0.25, -0.2) is 4.98 Å². The number of para-hydroxylation sites is 1. The minimum atomic E-state index is 0.829. The molecule has 94 valence electrons. The van der Waals surface area contributed by atoms with Crippen molar-refractivity contribution in [2.24, 2.45) is 0 Å². The van der Waals surface area contributed by atoms with Crippen molar-refractivity contribution in [1.82, 2.24) is 4.98 Å². The largest absolute Gasteiger partial charge is 0.496 e. The number of hydrogen-bond donors (Lipinski definition) is 1. The molecule has 2 rings (SSSR count). The number of thioether (sulfide) groups is 1. The molecule has 1 aromatic carbocycles. The van der Waals surface area contributed by atoms with E-state index in [4.69, 9.17) is 4.74 Å². The highest BCUT2D eigenvalue weighted by molar-refractivity contribution is 7.98. The summed E-state index contributed by atoms with van der Waals surface area (Å²) in [5.41, 5.74) is 1.05. The van der Waals surface area contributed by atoms with Gasteiger partial charge in [-0.1, -0.05) is 18.2 Å². The van der Waals surface area contributed by atoms with Gasteiger partial charge in [0, 0.05) is 17.7 Å². The summed E-state index contributed by atoms with van der Waals surface area (Å²) in [5.74, 6) is 2.64. The van der Waals surface area contributed by atoms with Crippen molar-refractivity contribution >= 4 is 17.6 Å². The Balaban J connectivity index is 2.06. The normalized spacial score (nSPS) is 10.1. The minimum absolute atomic E-state index is 0.829. The summed E-state index contributed by atoms with van der Waals surface area (Å²) in [6.07, 6.45) is 0. The number of ether oxygens (including phenoxy) is 1. The molecule has 0 unspecified atom stereocenters. The molecule has 0 saturated carbocycles. The van der Waals surface area contributed by atoms with Gasteiger partial charge in [-0.2, -0.15) is 0 Å². The van der Waals surface area contributed by atoms with E-state index in [1.165, 1.54) is 0 Å². The predicted octanol–water partition coefficient (Wildman–Crippen LogP) is 3.42. The van der Waals surface area contributed by atoms with Gasteiger partial charge in [-0.3, -0.25) is 0 Å². The number of benzene rings is 1. The van der Waals surface area contributed by atoms with E-state index in [0.29, 0.717) is 0 Å². The Hall–Kier alpha value is -1.68. The van der Waals surface area contributed by atoms with Crippen LogP contribution in [0.25, 0.3) is 0 Å². The number of aromatic nitrogens is 1. The van der Waals surface area contributed by atoms with E-state index in [2.05, 4.69) is 16.4 Å². The number of methoxy groups -OCH3 is 1. The molecule has 1 aromatic heterocycles. The third kappa shape index (κ3) is 3.17. The number of pyridine rings is 1. The summed E-state index contributed by atoms with van der Waals surface area (Å²) in [5, 5.41) is 3.04. The lowest BCUT2D eigenvalue weighted by atomic mass is 10.3. The first-order valence-corrected chi connectivity index (χ1v) is 6.71. The van der Waals surface area contributed by atoms with Gasteiger partial charge in [0.15, 0.2) is 0 Å². The third-order valence-corrected chi connectivity index (χ3v) is 3.60. The van der Waals surface area contributed by atoms with Gasteiger partial charge in [0.05, 0.1) is 12.8 Å². The Morgan fingerprint density at radius 1 is 1.17 bits per heavy atom. The molecule has 0 atom stereocenters. The fourth-order valence-corrected chi connectivity index (χ4v) is 2.52. The van der Waals surface area contributed by atoms with Crippen LogP contribution < -0.4 is 10.1 Å². The molecule has 0 fully saturated rings. The second-order valence-corrected chi connectivity index (χ2v) is 4.72. The molecule has 2 aromatic rings. The van der Waals surface area contributed by atoms with Crippen LogP contribution in [0.4, 0.5) is 5.82 Å². The van der Waals surface area contributed by atoms with Crippen LogP contribution in [0, 0.1) is 0 Å². The topological polar surface area (TPSA) is 34.1 Å². The average molecular weight is 260 g/mol. The van der Waals surface area contributed by atoms with E-state index < -0.39 is 0 Å². The quantitative estimate of drug-likeness (QED) is 0.835. The fraction of sp³-hybridized carbons (Fsp3) is 0.214. The van der Waals surface area contributed by atoms with Crippen LogP contribution in [0.1, 0.15) is 5.69 Å². The molecule has 3 nitrogen and oxygen atoms in total. The molecule has 0 amide bonds. The highest BCUT2D eigenvalue weighted by Gasteiger charge is 2.03. The lowest BCUT2D eigenvalue weighted by Crippen LogP contribution is -1.95. The molecule has 0 radical (unpaired) electrons. The van der Waals surface area contributed by atoms with Gasteiger partial charge in [0.25, 0.3) is 0 Å². The second-order valence-electron chi connectivity index (χ2n) is 3.70. The molecular formula is C14H16N2OS. The van der Waals surface area contributed by atoms with E-state index in [-0.39, 0.29) is 0 Å². The third-order valence-electron chi connectivity index (χ3n) is 2.51. The minimum Gasteiger partial charge on any atom is -0.496 e. The first-order chi connectivity index (χ1) is 8.83. The Morgan fingerprint density at radius 2 is 2.00 bits per heavy atom. The van der Waals surface area contributed by atoms with Crippen LogP contribution in [-0.2, 0) is 5.75 Å². The zero-order valence-corrected chi connectivity index (χ0v) is 11.3. The molecule has 0 aliphatic rings. The lowest BCUT2D eigenvalue weighted by Gasteiger charge is -2.08. The van der Waals surface area contributed by atoms with Crippen molar-refractivity contribution in [3.8, 4) is 5.75 Å². The smallest absolute Gasteiger partial charge is 0.132 e. The van der Waals surface area contributed by atoms with Gasteiger partial charge in [0.2, 0.25) is 0 Å². The van der Waals surface area contributed by atoms with Gasteiger partial charge in [-0.05, 0) is 24.3 Å². The second kappa shape index (κ2) is 6.31. The highest BCUT2D eigenvalue weighted by Crippen LogP contribution is 2.30. The molecule has 1 N–H and O–H groups in total. The van der Waals surface area contributed by atoms with E-state index >= 15 is 0 Å². The molecule has 0 saturated heterocycles. The van der Waals surface area contributed by atoms with Crippen molar-refractivity contribution in [1.29, 1.82) is 0 Å². The summed E-state index contributed by atoms with van der Waals surface area (Å²) < 4.78 is 5.33. The van der Waals surface area contributed by atoms with Crippen LogP contribution in [-0.4, -0.2) is 19.1 Å². The zero-order chi connectivity index (χ0) is 12.8. The van der Waals surface area contributed by atoms with E-state index in [1.54, 1.807) is 18.9 Å². The first kappa shape index (κ1) is 12.8. The summed E-state index contributed by atoms with van der Waals surface area (Å²) in [6, 6.07) is 14.0. The van der Waals surface area contributed by atoms with Gasteiger partial charge < -0.3 is 10.1 Å². The van der Waals surface area contributed by atoms with Crippen LogP contribution >= 0.6 is 11.8 Å². The number of nitrogens with one attached hydrogen (secondary N) is 1. The Morgan fingerprint density at radius 3 is 2.78 bits per heavy atom. The Bertz CT molecular complexity index is 517. The van der Waals surface area contributed by atoms with Crippen molar-refractivity contribution in [3.05, 3.63) is 48.2 Å². The fourth-order valence-electron chi connectivity index (χ4n) is 1.59. The number of hydrogen-bond acceptors (Lipinski definition) is 4. The highest BCUT2D eigenvalue weighted by atomic mass is 32.2. The summed E-state index contributed by atoms with van der Waals surface area (Å²) in [4.78, 5) is 5.62. The summed E-state index contributed by atoms with van der Waals surface area (Å²) >= 11 is 1.73. The number of anilines is 1. The standard InChI is InChI=1S/C14H16N2OS/c1-15-14-9-5-6-11(16-14)10-18-13-8-4-3-7-12(13)17-2/h3-9H,10H2,1-2H3,(H,15,16). The van der Waals surface area contributed by atoms with Crippen molar-refractivity contribution < 1.29 is 4.74 Å². The van der Waals surface area contributed by atoms with Crippen molar-refractivity contribution in [2.45, 2.75) is 10.6 Å². The molecule has 0 aliphatic heterocycles. The Labute approximate surface area is 112 Å². The van der Waals surface area contributed by atoms with Crippen LogP contribution in [0.15, 0.2) is 47.4 Å². The molecule has 1 heterocycles. The summed E-state index contributed by atoms with van der Waals surface area (Å²) in [6.45, 7) is 0. The van der Waals surface area contributed by atoms with Crippen molar-refractivity contribution in [3.63, 3.8) is 0 Å². The zero-order valence-electron chi connectivity index (χ0n) is 10.5. The predicted molar refractivity (Wildman–Crippen MR) is 76.3 cm³/mol. The van der Waals surface area contributed by atoms with Crippen LogP contribution in [0.5, 0.6) is 5.75 Å². The number of rotatable bonds is 5. The molecule has 18 heavy (non-hydrogen) atoms. The van der Waals surface area contributed by atoms with Crippen LogP contribution in [0.3, 0.4) is 0 Å². The van der Waals surface area contributed by atoms with Crippen molar-refractivity contribution in [2.75, 3.05) is 19.5 Å². The monoisotopic (exact) mass is 260 g/mol. The van der Waals surface area contributed by atoms with Crippen LogP contribution in [0.2, 0.25) is 0 Å².